The minimum atomic E-state index is -0.829. The molecular weight excluding hydrogens is 356 g/mol. The van der Waals surface area contributed by atoms with Gasteiger partial charge in [0.25, 0.3) is 0 Å². The summed E-state index contributed by atoms with van der Waals surface area (Å²) in [4.78, 5) is 26.5. The number of amides is 2. The van der Waals surface area contributed by atoms with E-state index >= 15 is 0 Å². The van der Waals surface area contributed by atoms with Gasteiger partial charge in [-0.05, 0) is 39.7 Å². The lowest BCUT2D eigenvalue weighted by molar-refractivity contribution is 0.0533. The number of hydrogen-bond acceptors (Lipinski definition) is 5. The summed E-state index contributed by atoms with van der Waals surface area (Å²) in [6.07, 6.45) is 3.47. The summed E-state index contributed by atoms with van der Waals surface area (Å²) in [5.74, 6) is 0.816. The lowest BCUT2D eigenvalue weighted by Gasteiger charge is -2.34. The van der Waals surface area contributed by atoms with Gasteiger partial charge in [-0.15, -0.1) is 0 Å². The van der Waals surface area contributed by atoms with E-state index in [1.165, 1.54) is 0 Å². The molecule has 0 aliphatic carbocycles. The van der Waals surface area contributed by atoms with Crippen molar-refractivity contribution in [3.63, 3.8) is 0 Å². The molecule has 0 spiro atoms. The van der Waals surface area contributed by atoms with E-state index in [4.69, 9.17) is 0 Å². The third-order valence-corrected chi connectivity index (χ3v) is 5.33. The minimum Gasteiger partial charge on any atom is -0.388 e. The molecule has 2 aromatic heterocycles. The van der Waals surface area contributed by atoms with Crippen molar-refractivity contribution in [1.82, 2.24) is 20.3 Å². The molecular formula is C20H26N6O2. The zero-order chi connectivity index (χ0) is 19.9. The lowest BCUT2D eigenvalue weighted by Crippen LogP contribution is -2.46. The van der Waals surface area contributed by atoms with Gasteiger partial charge in [0.15, 0.2) is 0 Å². The van der Waals surface area contributed by atoms with Crippen LogP contribution in [0.5, 0.6) is 0 Å². The van der Waals surface area contributed by atoms with Crippen LogP contribution in [0.15, 0.2) is 24.5 Å². The van der Waals surface area contributed by atoms with Gasteiger partial charge in [-0.3, -0.25) is 0 Å². The number of aromatic nitrogens is 3. The number of anilines is 2. The van der Waals surface area contributed by atoms with Gasteiger partial charge >= 0.3 is 6.03 Å². The van der Waals surface area contributed by atoms with Crippen LogP contribution in [0, 0.1) is 0 Å². The molecule has 0 saturated carbocycles. The van der Waals surface area contributed by atoms with Gasteiger partial charge < -0.3 is 25.6 Å². The van der Waals surface area contributed by atoms with Crippen LogP contribution < -0.4 is 15.5 Å². The molecule has 1 unspecified atom stereocenters. The first kappa shape index (κ1) is 18.5. The Hall–Kier alpha value is -2.87. The highest BCUT2D eigenvalue weighted by Crippen LogP contribution is 2.38. The molecule has 28 heavy (non-hydrogen) atoms. The van der Waals surface area contributed by atoms with Crippen LogP contribution in [0.3, 0.4) is 0 Å². The molecule has 1 atom stereocenters. The molecule has 1 saturated heterocycles. The average molecular weight is 382 g/mol. The van der Waals surface area contributed by atoms with E-state index in [9.17, 15) is 9.90 Å². The molecule has 0 bridgehead atoms. The molecule has 148 valence electrons. The minimum absolute atomic E-state index is 0.00723. The number of benzene rings is 1. The average Bonchev–Trinajstić information content (AvgIpc) is 3.27. The van der Waals surface area contributed by atoms with Crippen LogP contribution in [0.25, 0.3) is 21.9 Å². The number of fused-ring (bicyclic) bond motifs is 3. The van der Waals surface area contributed by atoms with Crippen LogP contribution in [0.1, 0.15) is 33.6 Å². The molecule has 3 aromatic rings. The first-order valence-corrected chi connectivity index (χ1v) is 9.69. The van der Waals surface area contributed by atoms with Crippen LogP contribution in [0.4, 0.5) is 16.3 Å². The maximum absolute atomic E-state index is 12.0. The number of urea groups is 1. The highest BCUT2D eigenvalue weighted by atomic mass is 16.3. The van der Waals surface area contributed by atoms with E-state index in [1.54, 1.807) is 6.33 Å². The second-order valence-corrected chi connectivity index (χ2v) is 7.76. The quantitative estimate of drug-likeness (QED) is 0.555. The number of carbonyl (C=O) groups is 1. The largest absolute Gasteiger partial charge is 0.388 e. The summed E-state index contributed by atoms with van der Waals surface area (Å²) in [5, 5.41) is 18.1. The van der Waals surface area contributed by atoms with Crippen molar-refractivity contribution in [2.24, 2.45) is 0 Å². The predicted molar refractivity (Wildman–Crippen MR) is 111 cm³/mol. The molecule has 1 fully saturated rings. The summed E-state index contributed by atoms with van der Waals surface area (Å²) in [6, 6.07) is 5.51. The fraction of sp³-hybridized carbons (Fsp3) is 0.450. The van der Waals surface area contributed by atoms with E-state index in [0.29, 0.717) is 17.9 Å². The van der Waals surface area contributed by atoms with Crippen LogP contribution in [0.2, 0.25) is 0 Å². The molecule has 8 heteroatoms. The Morgan fingerprint density at radius 3 is 2.96 bits per heavy atom. The summed E-state index contributed by atoms with van der Waals surface area (Å²) >= 11 is 0. The number of aliphatic hydroxyl groups is 1. The molecule has 1 aliphatic rings. The van der Waals surface area contributed by atoms with Crippen molar-refractivity contribution in [1.29, 1.82) is 0 Å². The number of carbonyl (C=O) groups excluding carboxylic acids is 1. The Labute approximate surface area is 163 Å². The maximum atomic E-state index is 12.0. The number of nitrogens with one attached hydrogen (secondary N) is 3. The van der Waals surface area contributed by atoms with Crippen LogP contribution in [-0.2, 0) is 0 Å². The van der Waals surface area contributed by atoms with Crippen molar-refractivity contribution in [2.45, 2.75) is 45.3 Å². The summed E-state index contributed by atoms with van der Waals surface area (Å²) in [5.41, 5.74) is 1.38. The number of aromatic amines is 1. The monoisotopic (exact) mass is 382 g/mol. The van der Waals surface area contributed by atoms with E-state index in [2.05, 4.69) is 30.5 Å². The van der Waals surface area contributed by atoms with Crippen LogP contribution >= 0.6 is 0 Å². The SMILES string of the molecule is CCNC(=O)Nc1cccc2c1[nH]c1ncnc(N3CCCC3C(C)(C)O)c12. The lowest BCUT2D eigenvalue weighted by atomic mass is 9.96. The van der Waals surface area contributed by atoms with E-state index in [0.717, 1.165) is 41.5 Å². The Morgan fingerprint density at radius 1 is 1.39 bits per heavy atom. The fourth-order valence-corrected chi connectivity index (χ4v) is 4.14. The van der Waals surface area contributed by atoms with Crippen molar-refractivity contribution in [3.8, 4) is 0 Å². The Bertz CT molecular complexity index is 1020. The van der Waals surface area contributed by atoms with E-state index < -0.39 is 5.60 Å². The normalized spacial score (nSPS) is 17.4. The first-order valence-electron chi connectivity index (χ1n) is 9.69. The maximum Gasteiger partial charge on any atom is 0.319 e. The number of rotatable bonds is 4. The number of nitrogens with zero attached hydrogens (tertiary/aromatic N) is 3. The summed E-state index contributed by atoms with van der Waals surface area (Å²) in [6.45, 7) is 6.96. The van der Waals surface area contributed by atoms with Crippen molar-refractivity contribution in [3.05, 3.63) is 24.5 Å². The summed E-state index contributed by atoms with van der Waals surface area (Å²) < 4.78 is 0. The zero-order valence-electron chi connectivity index (χ0n) is 16.4. The second-order valence-electron chi connectivity index (χ2n) is 7.76. The Kier molecular flexibility index (Phi) is 4.58. The standard InChI is InChI=1S/C20H26N6O2/c1-4-21-19(27)24-13-8-5-7-12-15-17(25-16(12)13)22-11-23-18(15)26-10-6-9-14(26)20(2,3)28/h5,7-8,11,14,28H,4,6,9-10H2,1-3H3,(H2,21,24,27)(H,22,23,25). The number of hydrogen-bond donors (Lipinski definition) is 4. The first-order chi connectivity index (χ1) is 13.4. The Balaban J connectivity index is 1.85. The zero-order valence-corrected chi connectivity index (χ0v) is 16.4. The summed E-state index contributed by atoms with van der Waals surface area (Å²) in [7, 11) is 0. The predicted octanol–water partition coefficient (Wildman–Crippen LogP) is 2.99. The van der Waals surface area contributed by atoms with E-state index in [-0.39, 0.29) is 12.1 Å². The third-order valence-electron chi connectivity index (χ3n) is 5.33. The van der Waals surface area contributed by atoms with Gasteiger partial charge in [-0.1, -0.05) is 12.1 Å². The Morgan fingerprint density at radius 2 is 2.21 bits per heavy atom. The highest BCUT2D eigenvalue weighted by molar-refractivity contribution is 6.15. The molecule has 4 rings (SSSR count). The fourth-order valence-electron chi connectivity index (χ4n) is 4.14. The van der Waals surface area contributed by atoms with Crippen molar-refractivity contribution < 1.29 is 9.90 Å². The highest BCUT2D eigenvalue weighted by Gasteiger charge is 2.37. The molecule has 8 nitrogen and oxygen atoms in total. The smallest absolute Gasteiger partial charge is 0.319 e. The van der Waals surface area contributed by atoms with Gasteiger partial charge in [0, 0.05) is 18.5 Å². The van der Waals surface area contributed by atoms with Gasteiger partial charge in [-0.25, -0.2) is 14.8 Å². The van der Waals surface area contributed by atoms with Gasteiger partial charge in [-0.2, -0.15) is 0 Å². The van der Waals surface area contributed by atoms with Crippen molar-refractivity contribution >= 4 is 39.5 Å². The molecule has 3 heterocycles. The van der Waals surface area contributed by atoms with Crippen LogP contribution in [-0.4, -0.2) is 50.8 Å². The number of H-pyrrole nitrogens is 1. The topological polar surface area (TPSA) is 106 Å². The second kappa shape index (κ2) is 6.94. The van der Waals surface area contributed by atoms with Gasteiger partial charge in [0.05, 0.1) is 28.2 Å². The van der Waals surface area contributed by atoms with Gasteiger partial charge in [0.2, 0.25) is 0 Å². The van der Waals surface area contributed by atoms with Gasteiger partial charge in [0.1, 0.15) is 17.8 Å². The number of para-hydroxylation sites is 1. The molecule has 1 aromatic carbocycles. The molecule has 1 aliphatic heterocycles. The van der Waals surface area contributed by atoms with E-state index in [1.807, 2.05) is 39.0 Å². The molecule has 0 radical (unpaired) electrons. The third kappa shape index (κ3) is 3.13. The molecule has 2 amide bonds. The molecule has 4 N–H and O–H groups in total. The van der Waals surface area contributed by atoms with Crippen molar-refractivity contribution in [2.75, 3.05) is 23.3 Å².